The van der Waals surface area contributed by atoms with Crippen LogP contribution < -0.4 is 0 Å². The van der Waals surface area contributed by atoms with Crippen molar-refractivity contribution in [2.24, 2.45) is 0 Å². The first-order valence-electron chi connectivity index (χ1n) is 7.04. The van der Waals surface area contributed by atoms with Crippen LogP contribution in [0.2, 0.25) is 0 Å². The lowest BCUT2D eigenvalue weighted by molar-refractivity contribution is -0.256. The summed E-state index contributed by atoms with van der Waals surface area (Å²) in [6, 6.07) is 0. The van der Waals surface area contributed by atoms with Crippen molar-refractivity contribution in [1.29, 1.82) is 0 Å². The van der Waals surface area contributed by atoms with E-state index in [1.807, 2.05) is 0 Å². The van der Waals surface area contributed by atoms with E-state index < -0.39 is 54.0 Å². The zero-order chi connectivity index (χ0) is 27.6. The Morgan fingerprint density at radius 3 is 0.909 bits per heavy atom. The van der Waals surface area contributed by atoms with E-state index in [4.69, 9.17) is 18.3 Å². The zero-order valence-corrected chi connectivity index (χ0v) is 15.5. The molecule has 0 aliphatic rings. The average Bonchev–Trinajstić information content (AvgIpc) is 2.65. The Morgan fingerprint density at radius 2 is 0.848 bits per heavy atom. The third-order valence-electron chi connectivity index (χ3n) is 3.17. The maximum atomic E-state index is 13.0. The molecular weight excluding hydrogens is 522 g/mol. The van der Waals surface area contributed by atoms with Crippen molar-refractivity contribution in [2.75, 3.05) is 0 Å². The number of hydrogen-bond donors (Lipinski definition) is 0. The van der Waals surface area contributed by atoms with Gasteiger partial charge in [0.05, 0.1) is 0 Å². The lowest BCUT2D eigenvalue weighted by Crippen LogP contribution is -2.53. The second-order valence-electron chi connectivity index (χ2n) is 5.55. The number of hydrogen-bond acceptors (Lipinski definition) is 0. The Balaban J connectivity index is -0.000000134. The standard InChI is InChI=1S/2C7H7F7.CH4.2F2/c1-3-6(11,5(2,9)10)4(8)7(12,13)14;1-3-6(11,7(12,13)14)4(8)5(2,9)10;;2*1-2/h2*3-4H,1H2,2H3;1H4;;. The molecule has 4 atom stereocenters. The van der Waals surface area contributed by atoms with Gasteiger partial charge in [-0.25, -0.2) is 35.1 Å². The van der Waals surface area contributed by atoms with Crippen LogP contribution in [0, 0.1) is 0 Å². The van der Waals surface area contributed by atoms with E-state index >= 15 is 0 Å². The van der Waals surface area contributed by atoms with Crippen LogP contribution in [0.15, 0.2) is 25.3 Å². The van der Waals surface area contributed by atoms with E-state index in [1.165, 1.54) is 0 Å². The molecule has 4 unspecified atom stereocenters. The Hall–Kier alpha value is -1.78. The average molecular weight is 540 g/mol. The van der Waals surface area contributed by atoms with Crippen LogP contribution in [0.25, 0.3) is 0 Å². The van der Waals surface area contributed by atoms with Crippen molar-refractivity contribution < 1.29 is 79.8 Å². The molecule has 0 aromatic carbocycles. The van der Waals surface area contributed by atoms with Crippen LogP contribution in [0.3, 0.4) is 0 Å². The Labute approximate surface area is 175 Å². The largest absolute Gasteiger partial charge is 0.429 e. The smallest absolute Gasteiger partial charge is 0.236 e. The molecule has 204 valence electrons. The van der Waals surface area contributed by atoms with Gasteiger partial charge < -0.3 is 0 Å². The van der Waals surface area contributed by atoms with E-state index in [2.05, 4.69) is 13.2 Å². The highest BCUT2D eigenvalue weighted by Crippen LogP contribution is 2.45. The molecule has 0 nitrogen and oxygen atoms in total. The van der Waals surface area contributed by atoms with Gasteiger partial charge in [0.25, 0.3) is 17.5 Å². The molecule has 0 aromatic rings. The molecule has 0 spiro atoms. The summed E-state index contributed by atoms with van der Waals surface area (Å²) in [6.45, 7) is 4.52. The van der Waals surface area contributed by atoms with Crippen LogP contribution in [0.4, 0.5) is 79.8 Å². The van der Waals surface area contributed by atoms with Crippen molar-refractivity contribution in [3.05, 3.63) is 25.3 Å². The summed E-state index contributed by atoms with van der Waals surface area (Å²) in [7, 11) is 0. The second-order valence-corrected chi connectivity index (χ2v) is 5.55. The van der Waals surface area contributed by atoms with Gasteiger partial charge in [0.1, 0.15) is 0 Å². The normalized spacial score (nSPS) is 17.3. The Kier molecular flexibility index (Phi) is 18.2. The predicted octanol–water partition coefficient (Wildman–Crippen LogP) is 9.19. The van der Waals surface area contributed by atoms with Crippen LogP contribution in [0.5, 0.6) is 0 Å². The van der Waals surface area contributed by atoms with Gasteiger partial charge in [-0.3, -0.25) is 0 Å². The summed E-state index contributed by atoms with van der Waals surface area (Å²) < 4.78 is 202. The zero-order valence-electron chi connectivity index (χ0n) is 15.5. The quantitative estimate of drug-likeness (QED) is 0.233. The highest BCUT2D eigenvalue weighted by molar-refractivity contribution is 5.11. The number of alkyl halides is 14. The number of halogens is 18. The first kappa shape index (κ1) is 41.5. The van der Waals surface area contributed by atoms with Gasteiger partial charge in [-0.15, -0.1) is 0 Å². The fourth-order valence-corrected chi connectivity index (χ4v) is 1.48. The van der Waals surface area contributed by atoms with Gasteiger partial charge >= 0.3 is 12.4 Å². The van der Waals surface area contributed by atoms with Crippen LogP contribution in [-0.2, 0) is 0 Å². The fourth-order valence-electron chi connectivity index (χ4n) is 1.48. The van der Waals surface area contributed by atoms with Gasteiger partial charge in [-0.05, 0) is 12.2 Å². The van der Waals surface area contributed by atoms with Gasteiger partial charge in [-0.2, -0.15) is 26.3 Å². The summed E-state index contributed by atoms with van der Waals surface area (Å²) in [5.41, 5.74) is -9.17. The van der Waals surface area contributed by atoms with Gasteiger partial charge in [0, 0.05) is 32.1 Å². The van der Waals surface area contributed by atoms with Gasteiger partial charge in [0.2, 0.25) is 18.0 Å². The summed E-state index contributed by atoms with van der Waals surface area (Å²) in [5.74, 6) is -8.93. The van der Waals surface area contributed by atoms with E-state index in [9.17, 15) is 61.5 Å². The monoisotopic (exact) mass is 540 g/mol. The summed E-state index contributed by atoms with van der Waals surface area (Å²) in [6.07, 6.45) is -20.6. The molecule has 0 radical (unpaired) electrons. The third kappa shape index (κ3) is 11.3. The topological polar surface area (TPSA) is 0 Å². The van der Waals surface area contributed by atoms with Crippen LogP contribution in [-0.4, -0.2) is 47.9 Å². The molecule has 0 rings (SSSR count). The first-order valence-corrected chi connectivity index (χ1v) is 7.04. The summed E-state index contributed by atoms with van der Waals surface area (Å²) in [4.78, 5) is 0. The van der Waals surface area contributed by atoms with E-state index in [1.54, 1.807) is 0 Å². The van der Waals surface area contributed by atoms with Crippen molar-refractivity contribution in [3.63, 3.8) is 0 Å². The molecule has 0 saturated carbocycles. The van der Waals surface area contributed by atoms with E-state index in [0.717, 1.165) is 0 Å². The maximum absolute atomic E-state index is 13.0. The highest BCUT2D eigenvalue weighted by Gasteiger charge is 2.66. The van der Waals surface area contributed by atoms with Gasteiger partial charge in [-0.1, -0.05) is 20.6 Å². The first-order chi connectivity index (χ1) is 13.9. The minimum Gasteiger partial charge on any atom is -0.236 e. The molecule has 0 aliphatic carbocycles. The second kappa shape index (κ2) is 14.5. The molecule has 0 bridgehead atoms. The summed E-state index contributed by atoms with van der Waals surface area (Å²) in [5, 5.41) is 0. The molecule has 33 heavy (non-hydrogen) atoms. The lowest BCUT2D eigenvalue weighted by Gasteiger charge is -2.31. The van der Waals surface area contributed by atoms with Crippen molar-refractivity contribution >= 4 is 0 Å². The number of allylic oxidation sites excluding steroid dienone is 2. The number of rotatable bonds is 6. The lowest BCUT2D eigenvalue weighted by atomic mass is 9.93. The maximum Gasteiger partial charge on any atom is 0.429 e. The molecule has 0 amide bonds. The minimum atomic E-state index is -5.76. The Bertz CT molecular complexity index is 479. The van der Waals surface area contributed by atoms with Crippen LogP contribution in [0.1, 0.15) is 21.3 Å². The minimum absolute atomic E-state index is 0. The van der Waals surface area contributed by atoms with Crippen molar-refractivity contribution in [1.82, 2.24) is 0 Å². The van der Waals surface area contributed by atoms with Gasteiger partial charge in [0.15, 0.2) is 0 Å². The van der Waals surface area contributed by atoms with Crippen LogP contribution >= 0.6 is 0 Å². The molecule has 0 aliphatic heterocycles. The fraction of sp³-hybridized carbons (Fsp3) is 0.733. The molecule has 0 N–H and O–H groups in total. The van der Waals surface area contributed by atoms with E-state index in [-0.39, 0.29) is 27.4 Å². The molecule has 18 heteroatoms. The SMILES string of the molecule is C.C=CC(F)(C(F)C(C)(F)F)C(F)(F)F.C=CC(F)(C(F)C(F)(F)F)C(C)(F)F.FF.FF. The van der Waals surface area contributed by atoms with Crippen molar-refractivity contribution in [3.8, 4) is 0 Å². The molecule has 0 aromatic heterocycles. The third-order valence-corrected chi connectivity index (χ3v) is 3.17. The molecule has 0 heterocycles. The Morgan fingerprint density at radius 1 is 0.576 bits per heavy atom. The predicted molar refractivity (Wildman–Crippen MR) is 82.4 cm³/mol. The highest BCUT2D eigenvalue weighted by atomic mass is 20.0. The molecular formula is C15H18F18. The molecule has 0 fully saturated rings. The summed E-state index contributed by atoms with van der Waals surface area (Å²) >= 11 is 0. The van der Waals surface area contributed by atoms with Crippen molar-refractivity contribution in [2.45, 2.75) is 69.2 Å². The molecule has 0 saturated heterocycles. The van der Waals surface area contributed by atoms with E-state index in [0.29, 0.717) is 0 Å².